The van der Waals surface area contributed by atoms with Crippen LogP contribution in [0.3, 0.4) is 0 Å². The number of nitrogens with one attached hydrogen (secondary N) is 1. The Balaban J connectivity index is 1.99. The van der Waals surface area contributed by atoms with Gasteiger partial charge in [0.05, 0.1) is 10.3 Å². The number of carbonyl (C=O) groups excluding carboxylic acids is 1. The highest BCUT2D eigenvalue weighted by atomic mass is 32.2. The first-order valence-corrected chi connectivity index (χ1v) is 12.9. The molecule has 0 amide bonds. The average Bonchev–Trinajstić information content (AvgIpc) is 2.72. The monoisotopic (exact) mass is 485 g/mol. The van der Waals surface area contributed by atoms with E-state index >= 15 is 0 Å². The van der Waals surface area contributed by atoms with Crippen molar-refractivity contribution in [1.82, 2.24) is 4.72 Å². The molecule has 0 fully saturated rings. The fourth-order valence-corrected chi connectivity index (χ4v) is 5.03. The quantitative estimate of drug-likeness (QED) is 0.269. The largest absolute Gasteiger partial charge is 0.425 e. The summed E-state index contributed by atoms with van der Waals surface area (Å²) < 4.78 is 39.6. The summed E-state index contributed by atoms with van der Waals surface area (Å²) in [5, 5.41) is 0.546. The number of hydrogen-bond donors (Lipinski definition) is 1. The van der Waals surface area contributed by atoms with Gasteiger partial charge < -0.3 is 9.15 Å². The van der Waals surface area contributed by atoms with Crippen LogP contribution in [0, 0.1) is 19.8 Å². The molecular formula is C26H31NO6S. The summed E-state index contributed by atoms with van der Waals surface area (Å²) in [6.45, 7) is 9.45. The molecule has 1 N–H and O–H groups in total. The average molecular weight is 486 g/mol. The number of hydrogen-bond acceptors (Lipinski definition) is 6. The summed E-state index contributed by atoms with van der Waals surface area (Å²) in [6, 6.07) is 10.1. The minimum Gasteiger partial charge on any atom is -0.425 e. The van der Waals surface area contributed by atoms with Gasteiger partial charge >= 0.3 is 11.6 Å². The molecule has 1 heterocycles. The van der Waals surface area contributed by atoms with Crippen molar-refractivity contribution in [1.29, 1.82) is 0 Å². The molecule has 1 aromatic heterocycles. The molecule has 0 radical (unpaired) electrons. The van der Waals surface area contributed by atoms with Gasteiger partial charge in [-0.25, -0.2) is 18.0 Å². The molecule has 0 aliphatic rings. The fraction of sp³-hybridized carbons (Fsp3) is 0.385. The lowest BCUT2D eigenvalue weighted by atomic mass is 10.0. The Morgan fingerprint density at radius 3 is 2.35 bits per heavy atom. The molecule has 2 aromatic carbocycles. The molecule has 0 bridgehead atoms. The van der Waals surface area contributed by atoms with E-state index in [-0.39, 0.29) is 23.0 Å². The van der Waals surface area contributed by atoms with Crippen molar-refractivity contribution in [2.75, 3.05) is 0 Å². The molecule has 3 rings (SSSR count). The molecule has 34 heavy (non-hydrogen) atoms. The second-order valence-corrected chi connectivity index (χ2v) is 10.7. The van der Waals surface area contributed by atoms with Gasteiger partial charge in [-0.2, -0.15) is 4.72 Å². The smallest absolute Gasteiger partial charge is 0.336 e. The van der Waals surface area contributed by atoms with E-state index in [1.165, 1.54) is 18.2 Å². The second kappa shape index (κ2) is 10.5. The van der Waals surface area contributed by atoms with E-state index in [0.717, 1.165) is 23.1 Å². The van der Waals surface area contributed by atoms with Crippen molar-refractivity contribution >= 4 is 27.0 Å². The van der Waals surface area contributed by atoms with Gasteiger partial charge in [-0.1, -0.05) is 44.9 Å². The first-order chi connectivity index (χ1) is 16.0. The number of carbonyl (C=O) groups is 1. The van der Waals surface area contributed by atoms with E-state index in [1.54, 1.807) is 31.2 Å². The lowest BCUT2D eigenvalue weighted by molar-refractivity contribution is -0.136. The predicted molar refractivity (Wildman–Crippen MR) is 132 cm³/mol. The van der Waals surface area contributed by atoms with Crippen LogP contribution in [-0.4, -0.2) is 20.4 Å². The standard InChI is InChI=1S/C26H31NO6S/c1-6-7-19-15-24(28)32-22-13-18(5)14-23(25(19)22)33-26(29)21(12-16(2)3)27-34(30,31)20-10-8-17(4)9-11-20/h8-11,13-16,21,27H,6-7,12H2,1-5H3. The van der Waals surface area contributed by atoms with Crippen LogP contribution in [0.1, 0.15) is 50.3 Å². The van der Waals surface area contributed by atoms with Crippen molar-refractivity contribution in [3.8, 4) is 5.75 Å². The van der Waals surface area contributed by atoms with Crippen molar-refractivity contribution in [3.05, 3.63) is 69.6 Å². The maximum atomic E-state index is 13.3. The van der Waals surface area contributed by atoms with Gasteiger partial charge in [0, 0.05) is 6.07 Å². The molecule has 7 nitrogen and oxygen atoms in total. The normalized spacial score (nSPS) is 12.8. The van der Waals surface area contributed by atoms with Crippen LogP contribution >= 0.6 is 0 Å². The maximum absolute atomic E-state index is 13.3. The summed E-state index contributed by atoms with van der Waals surface area (Å²) in [5.41, 5.74) is 2.25. The van der Waals surface area contributed by atoms with E-state index in [9.17, 15) is 18.0 Å². The Kier molecular flexibility index (Phi) is 7.94. The van der Waals surface area contributed by atoms with Crippen LogP contribution in [-0.2, 0) is 21.2 Å². The highest BCUT2D eigenvalue weighted by Gasteiger charge is 2.29. The topological polar surface area (TPSA) is 103 Å². The number of aryl methyl sites for hydroxylation is 3. The number of benzene rings is 2. The summed E-state index contributed by atoms with van der Waals surface area (Å²) in [5.74, 6) is -0.443. The molecule has 182 valence electrons. The van der Waals surface area contributed by atoms with Gasteiger partial charge in [0.2, 0.25) is 10.0 Å². The summed E-state index contributed by atoms with van der Waals surface area (Å²) >= 11 is 0. The van der Waals surface area contributed by atoms with E-state index in [2.05, 4.69) is 4.72 Å². The molecule has 0 saturated carbocycles. The number of fused-ring (bicyclic) bond motifs is 1. The third-order valence-electron chi connectivity index (χ3n) is 5.38. The van der Waals surface area contributed by atoms with E-state index in [4.69, 9.17) is 9.15 Å². The Morgan fingerprint density at radius 2 is 1.74 bits per heavy atom. The summed E-state index contributed by atoms with van der Waals surface area (Å²) in [6.07, 6.45) is 1.64. The Bertz CT molecular complexity index is 1340. The zero-order valence-electron chi connectivity index (χ0n) is 20.2. The molecule has 0 aliphatic carbocycles. The lowest BCUT2D eigenvalue weighted by Gasteiger charge is -2.20. The predicted octanol–water partition coefficient (Wildman–Crippen LogP) is 4.66. The van der Waals surface area contributed by atoms with Gasteiger partial charge in [0.25, 0.3) is 0 Å². The van der Waals surface area contributed by atoms with E-state index in [0.29, 0.717) is 17.4 Å². The van der Waals surface area contributed by atoms with Gasteiger partial charge in [-0.15, -0.1) is 0 Å². The van der Waals surface area contributed by atoms with Gasteiger partial charge in [0.1, 0.15) is 17.4 Å². The van der Waals surface area contributed by atoms with E-state index in [1.807, 2.05) is 27.7 Å². The van der Waals surface area contributed by atoms with Gasteiger partial charge in [-0.05, 0) is 68.0 Å². The highest BCUT2D eigenvalue weighted by molar-refractivity contribution is 7.89. The third-order valence-corrected chi connectivity index (χ3v) is 6.87. The van der Waals surface area contributed by atoms with Crippen LogP contribution in [0.4, 0.5) is 0 Å². The molecule has 0 spiro atoms. The van der Waals surface area contributed by atoms with E-state index < -0.39 is 27.7 Å². The molecular weight excluding hydrogens is 454 g/mol. The maximum Gasteiger partial charge on any atom is 0.336 e. The van der Waals surface area contributed by atoms with Crippen molar-refractivity contribution < 1.29 is 22.4 Å². The third kappa shape index (κ3) is 6.12. The van der Waals surface area contributed by atoms with Gasteiger partial charge in [-0.3, -0.25) is 0 Å². The first kappa shape index (κ1) is 25.6. The molecule has 8 heteroatoms. The van der Waals surface area contributed by atoms with Crippen molar-refractivity contribution in [2.24, 2.45) is 5.92 Å². The lowest BCUT2D eigenvalue weighted by Crippen LogP contribution is -2.43. The minimum atomic E-state index is -3.94. The zero-order valence-corrected chi connectivity index (χ0v) is 21.0. The Labute approximate surface area is 200 Å². The molecule has 1 atom stereocenters. The van der Waals surface area contributed by atoms with Crippen LogP contribution in [0.2, 0.25) is 0 Å². The zero-order chi connectivity index (χ0) is 25.0. The molecule has 3 aromatic rings. The van der Waals surface area contributed by atoms with Crippen LogP contribution in [0.25, 0.3) is 11.0 Å². The van der Waals surface area contributed by atoms with Gasteiger partial charge in [0.15, 0.2) is 0 Å². The molecule has 0 saturated heterocycles. The number of rotatable bonds is 9. The van der Waals surface area contributed by atoms with Crippen LogP contribution in [0.5, 0.6) is 5.75 Å². The SMILES string of the molecule is CCCc1cc(=O)oc2cc(C)cc(OC(=O)C(CC(C)C)NS(=O)(=O)c3ccc(C)cc3)c12. The molecule has 0 aliphatic heterocycles. The summed E-state index contributed by atoms with van der Waals surface area (Å²) in [4.78, 5) is 25.4. The Hall–Kier alpha value is -2.97. The molecule has 1 unspecified atom stereocenters. The number of ether oxygens (including phenoxy) is 1. The van der Waals surface area contributed by atoms with Crippen LogP contribution in [0.15, 0.2) is 56.6 Å². The van der Waals surface area contributed by atoms with Crippen molar-refractivity contribution in [2.45, 2.75) is 64.8 Å². The van der Waals surface area contributed by atoms with Crippen molar-refractivity contribution in [3.63, 3.8) is 0 Å². The summed E-state index contributed by atoms with van der Waals surface area (Å²) in [7, 11) is -3.94. The highest BCUT2D eigenvalue weighted by Crippen LogP contribution is 2.31. The minimum absolute atomic E-state index is 0.0289. The second-order valence-electron chi connectivity index (χ2n) is 9.01. The van der Waals surface area contributed by atoms with Crippen LogP contribution < -0.4 is 15.1 Å². The Morgan fingerprint density at radius 1 is 1.06 bits per heavy atom. The number of sulfonamides is 1. The first-order valence-electron chi connectivity index (χ1n) is 11.4. The number of esters is 1. The fourth-order valence-electron chi connectivity index (χ4n) is 3.83.